The van der Waals surface area contributed by atoms with E-state index in [-0.39, 0.29) is 5.78 Å². The smallest absolute Gasteiger partial charge is 0.213 e. The molecule has 0 unspecified atom stereocenters. The average molecular weight is 289 g/mol. The fourth-order valence-electron chi connectivity index (χ4n) is 2.60. The van der Waals surface area contributed by atoms with Crippen LogP contribution in [-0.2, 0) is 0 Å². The molecule has 2 heterocycles. The van der Waals surface area contributed by atoms with Crippen LogP contribution in [0.4, 0.5) is 0 Å². The third-order valence-corrected chi connectivity index (χ3v) is 4.58. The van der Waals surface area contributed by atoms with E-state index in [1.807, 2.05) is 60.0 Å². The van der Waals surface area contributed by atoms with Gasteiger partial charge in [0.05, 0.1) is 0 Å². The minimum atomic E-state index is -0.0140. The molecule has 0 spiro atoms. The molecule has 21 heavy (non-hydrogen) atoms. The van der Waals surface area contributed by atoms with Crippen LogP contribution in [0.3, 0.4) is 0 Å². The normalized spacial score (nSPS) is 11.0. The van der Waals surface area contributed by atoms with E-state index in [0.717, 1.165) is 26.4 Å². The number of nitrogens with zero attached hydrogens (tertiary/aromatic N) is 1. The van der Waals surface area contributed by atoms with E-state index in [0.29, 0.717) is 5.69 Å². The largest absolute Gasteiger partial charge is 0.287 e. The number of hydrogen-bond acceptors (Lipinski definition) is 3. The lowest BCUT2D eigenvalue weighted by molar-refractivity contribution is 0.103. The molecule has 4 aromatic rings. The first-order chi connectivity index (χ1) is 10.3. The van der Waals surface area contributed by atoms with E-state index >= 15 is 0 Å². The first-order valence-electron chi connectivity index (χ1n) is 6.69. The summed E-state index contributed by atoms with van der Waals surface area (Å²) in [6.45, 7) is 0. The second kappa shape index (κ2) is 4.79. The maximum atomic E-state index is 12.9. The molecule has 0 aliphatic rings. The zero-order chi connectivity index (χ0) is 14.2. The summed E-state index contributed by atoms with van der Waals surface area (Å²) in [4.78, 5) is 17.2. The van der Waals surface area contributed by atoms with Crippen LogP contribution in [0, 0.1) is 0 Å². The fraction of sp³-hybridized carbons (Fsp3) is 0. The van der Waals surface area contributed by atoms with Crippen LogP contribution in [0.25, 0.3) is 20.9 Å². The highest BCUT2D eigenvalue weighted by Crippen LogP contribution is 2.28. The van der Waals surface area contributed by atoms with Gasteiger partial charge in [-0.2, -0.15) is 0 Å². The van der Waals surface area contributed by atoms with Crippen LogP contribution in [0.15, 0.2) is 66.2 Å². The zero-order valence-electron chi connectivity index (χ0n) is 11.1. The summed E-state index contributed by atoms with van der Waals surface area (Å²) in [7, 11) is 0. The van der Waals surface area contributed by atoms with Crippen LogP contribution >= 0.6 is 11.3 Å². The Bertz CT molecular complexity index is 966. The number of rotatable bonds is 2. The quantitative estimate of drug-likeness (QED) is 0.501. The summed E-state index contributed by atoms with van der Waals surface area (Å²) in [6, 6.07) is 17.6. The Kier molecular flexibility index (Phi) is 2.79. The Labute approximate surface area is 125 Å². The number of ketones is 1. The summed E-state index contributed by atoms with van der Waals surface area (Å²) >= 11 is 1.59. The predicted octanol–water partition coefficient (Wildman–Crippen LogP) is 4.68. The number of thiophene rings is 1. The standard InChI is InChI=1S/C18H11NOS/c20-17(15-7-3-5-13-9-11-21-18(13)15)16-14-6-2-1-4-12(14)8-10-19-16/h1-11H. The van der Waals surface area contributed by atoms with E-state index in [9.17, 15) is 4.79 Å². The number of aromatic nitrogens is 1. The third-order valence-electron chi connectivity index (χ3n) is 3.61. The number of fused-ring (bicyclic) bond motifs is 2. The van der Waals surface area contributed by atoms with Crippen molar-refractivity contribution in [2.45, 2.75) is 0 Å². The van der Waals surface area contributed by atoms with Gasteiger partial charge in [-0.1, -0.05) is 36.4 Å². The van der Waals surface area contributed by atoms with Crippen molar-refractivity contribution in [1.29, 1.82) is 0 Å². The molecule has 2 aromatic carbocycles. The Morgan fingerprint density at radius 2 is 1.76 bits per heavy atom. The molecule has 0 amide bonds. The molecule has 2 nitrogen and oxygen atoms in total. The van der Waals surface area contributed by atoms with Crippen molar-refractivity contribution in [2.75, 3.05) is 0 Å². The van der Waals surface area contributed by atoms with Crippen molar-refractivity contribution in [2.24, 2.45) is 0 Å². The summed E-state index contributed by atoms with van der Waals surface area (Å²) in [5.74, 6) is -0.0140. The Morgan fingerprint density at radius 1 is 0.905 bits per heavy atom. The lowest BCUT2D eigenvalue weighted by atomic mass is 10.0. The number of carbonyl (C=O) groups is 1. The molecule has 0 radical (unpaired) electrons. The predicted molar refractivity (Wildman–Crippen MR) is 87.0 cm³/mol. The van der Waals surface area contributed by atoms with Crippen LogP contribution in [-0.4, -0.2) is 10.8 Å². The van der Waals surface area contributed by atoms with E-state index in [1.54, 1.807) is 17.5 Å². The van der Waals surface area contributed by atoms with Gasteiger partial charge in [0.15, 0.2) is 0 Å². The Morgan fingerprint density at radius 3 is 2.71 bits per heavy atom. The lowest BCUT2D eigenvalue weighted by Gasteiger charge is -2.05. The molecule has 2 aromatic heterocycles. The molecule has 0 bridgehead atoms. The van der Waals surface area contributed by atoms with Gasteiger partial charge < -0.3 is 0 Å². The molecule has 0 N–H and O–H groups in total. The average Bonchev–Trinajstić information content (AvgIpc) is 3.02. The van der Waals surface area contributed by atoms with Gasteiger partial charge in [-0.05, 0) is 34.4 Å². The van der Waals surface area contributed by atoms with Gasteiger partial charge in [-0.3, -0.25) is 9.78 Å². The maximum Gasteiger partial charge on any atom is 0.213 e. The molecule has 0 atom stereocenters. The molecular weight excluding hydrogens is 278 g/mol. The highest BCUT2D eigenvalue weighted by Gasteiger charge is 2.16. The number of benzene rings is 2. The first-order valence-corrected chi connectivity index (χ1v) is 7.57. The van der Waals surface area contributed by atoms with Crippen molar-refractivity contribution >= 4 is 38.0 Å². The zero-order valence-corrected chi connectivity index (χ0v) is 11.9. The summed E-state index contributed by atoms with van der Waals surface area (Å²) in [5.41, 5.74) is 1.25. The van der Waals surface area contributed by atoms with Gasteiger partial charge in [0.2, 0.25) is 5.78 Å². The fourth-order valence-corrected chi connectivity index (χ4v) is 3.51. The molecule has 0 saturated carbocycles. The molecule has 0 saturated heterocycles. The van der Waals surface area contributed by atoms with E-state index in [2.05, 4.69) is 4.98 Å². The number of pyridine rings is 1. The summed E-state index contributed by atoms with van der Waals surface area (Å²) in [5, 5.41) is 5.05. The van der Waals surface area contributed by atoms with E-state index in [1.165, 1.54) is 0 Å². The minimum absolute atomic E-state index is 0.0140. The van der Waals surface area contributed by atoms with Gasteiger partial charge in [0, 0.05) is 21.8 Å². The number of hydrogen-bond donors (Lipinski definition) is 0. The van der Waals surface area contributed by atoms with Crippen LogP contribution in [0.5, 0.6) is 0 Å². The highest BCUT2D eigenvalue weighted by molar-refractivity contribution is 7.17. The summed E-state index contributed by atoms with van der Waals surface area (Å²) in [6.07, 6.45) is 1.70. The molecule has 4 rings (SSSR count). The molecule has 3 heteroatoms. The molecular formula is C18H11NOS. The highest BCUT2D eigenvalue weighted by atomic mass is 32.1. The van der Waals surface area contributed by atoms with Gasteiger partial charge in [-0.25, -0.2) is 0 Å². The maximum absolute atomic E-state index is 12.9. The molecule has 0 fully saturated rings. The van der Waals surface area contributed by atoms with Gasteiger partial charge in [-0.15, -0.1) is 11.3 Å². The molecule has 0 aliphatic heterocycles. The second-order valence-corrected chi connectivity index (χ2v) is 5.77. The SMILES string of the molecule is O=C(c1nccc2ccccc12)c1cccc2ccsc12. The monoisotopic (exact) mass is 289 g/mol. The molecule has 0 aliphatic carbocycles. The van der Waals surface area contributed by atoms with Crippen molar-refractivity contribution in [3.05, 3.63) is 77.4 Å². The van der Waals surface area contributed by atoms with Crippen LogP contribution < -0.4 is 0 Å². The van der Waals surface area contributed by atoms with Crippen LogP contribution in [0.1, 0.15) is 16.1 Å². The third kappa shape index (κ3) is 1.94. The first kappa shape index (κ1) is 12.2. The van der Waals surface area contributed by atoms with Crippen molar-refractivity contribution in [3.8, 4) is 0 Å². The van der Waals surface area contributed by atoms with Gasteiger partial charge in [0.1, 0.15) is 5.69 Å². The Balaban J connectivity index is 1.97. The minimum Gasteiger partial charge on any atom is -0.287 e. The van der Waals surface area contributed by atoms with Gasteiger partial charge in [0.25, 0.3) is 0 Å². The van der Waals surface area contributed by atoms with Crippen molar-refractivity contribution in [3.63, 3.8) is 0 Å². The Hall–Kier alpha value is -2.52. The lowest BCUT2D eigenvalue weighted by Crippen LogP contribution is -2.04. The molecule has 100 valence electrons. The van der Waals surface area contributed by atoms with Gasteiger partial charge >= 0.3 is 0 Å². The summed E-state index contributed by atoms with van der Waals surface area (Å²) < 4.78 is 1.03. The number of carbonyl (C=O) groups excluding carboxylic acids is 1. The van der Waals surface area contributed by atoms with Crippen LogP contribution in [0.2, 0.25) is 0 Å². The second-order valence-electron chi connectivity index (χ2n) is 4.85. The van der Waals surface area contributed by atoms with Crippen molar-refractivity contribution in [1.82, 2.24) is 4.98 Å². The van der Waals surface area contributed by atoms with E-state index < -0.39 is 0 Å². The topological polar surface area (TPSA) is 30.0 Å². The van der Waals surface area contributed by atoms with E-state index in [4.69, 9.17) is 0 Å². The van der Waals surface area contributed by atoms with Crippen molar-refractivity contribution < 1.29 is 4.79 Å².